The van der Waals surface area contributed by atoms with Crippen LogP contribution in [0.1, 0.15) is 76.3 Å². The Kier molecular flexibility index (Phi) is 10.4. The molecule has 0 unspecified atom stereocenters. The minimum absolute atomic E-state index is 0.285. The molecule has 3 rings (SSSR count). The second-order valence-electron chi connectivity index (χ2n) is 8.79. The molecule has 0 aliphatic carbocycles. The van der Waals surface area contributed by atoms with Gasteiger partial charge in [0.05, 0.1) is 5.69 Å². The Hall–Kier alpha value is -2.67. The van der Waals surface area contributed by atoms with E-state index in [1.165, 1.54) is 33.4 Å². The molecular weight excluding hydrogens is 374 g/mol. The van der Waals surface area contributed by atoms with Gasteiger partial charge in [0.25, 0.3) is 0 Å². The fraction of sp³-hybridized carbons (Fsp3) is 0.367. The topological polar surface area (TPSA) is 12.9 Å². The van der Waals surface area contributed by atoms with Crippen LogP contribution in [0.4, 0.5) is 0 Å². The maximum absolute atomic E-state index is 4.51. The van der Waals surface area contributed by atoms with E-state index in [0.29, 0.717) is 0 Å². The van der Waals surface area contributed by atoms with E-state index in [4.69, 9.17) is 0 Å². The molecule has 0 saturated heterocycles. The fourth-order valence-corrected chi connectivity index (χ4v) is 3.20. The zero-order valence-corrected chi connectivity index (χ0v) is 21.1. The summed E-state index contributed by atoms with van der Waals surface area (Å²) in [5.74, 6) is 0. The summed E-state index contributed by atoms with van der Waals surface area (Å²) in [4.78, 5) is 4.51. The van der Waals surface area contributed by atoms with E-state index in [0.717, 1.165) is 17.7 Å². The Morgan fingerprint density at radius 3 is 2.03 bits per heavy atom. The van der Waals surface area contributed by atoms with E-state index in [1.54, 1.807) is 0 Å². The molecule has 1 heterocycles. The van der Waals surface area contributed by atoms with Crippen molar-refractivity contribution >= 4 is 5.57 Å². The third kappa shape index (κ3) is 7.83. The Balaban J connectivity index is 0.000000317. The summed E-state index contributed by atoms with van der Waals surface area (Å²) in [7, 11) is 0. The van der Waals surface area contributed by atoms with Crippen molar-refractivity contribution in [1.29, 1.82) is 0 Å². The first kappa shape index (κ1) is 26.4. The molecule has 0 aliphatic heterocycles. The SMILES string of the molecule is C=C(C)c1ccc(-c2ncccc2C)c(CC)c1.CC.Cc1ccc(C(C)(C)C)cc1. The first-order chi connectivity index (χ1) is 14.6. The summed E-state index contributed by atoms with van der Waals surface area (Å²) in [6.07, 6.45) is 2.86. The average molecular weight is 416 g/mol. The third-order valence-corrected chi connectivity index (χ3v) is 5.16. The normalized spacial score (nSPS) is 10.4. The molecule has 1 nitrogen and oxygen atoms in total. The Morgan fingerprint density at radius 1 is 0.935 bits per heavy atom. The zero-order chi connectivity index (χ0) is 23.6. The van der Waals surface area contributed by atoms with Crippen molar-refractivity contribution < 1.29 is 0 Å². The monoisotopic (exact) mass is 415 g/mol. The maximum Gasteiger partial charge on any atom is 0.0733 e. The predicted molar refractivity (Wildman–Crippen MR) is 140 cm³/mol. The van der Waals surface area contributed by atoms with Crippen molar-refractivity contribution in [2.75, 3.05) is 0 Å². The molecule has 1 heteroatoms. The van der Waals surface area contributed by atoms with Gasteiger partial charge in [-0.2, -0.15) is 0 Å². The van der Waals surface area contributed by atoms with E-state index in [-0.39, 0.29) is 5.41 Å². The molecule has 0 fully saturated rings. The van der Waals surface area contributed by atoms with Crippen LogP contribution in [0.3, 0.4) is 0 Å². The minimum Gasteiger partial charge on any atom is -0.256 e. The summed E-state index contributed by atoms with van der Waals surface area (Å²) in [6.45, 7) is 23.2. The van der Waals surface area contributed by atoms with Crippen molar-refractivity contribution in [3.8, 4) is 11.3 Å². The highest BCUT2D eigenvalue weighted by molar-refractivity contribution is 5.71. The molecule has 31 heavy (non-hydrogen) atoms. The molecule has 1 aromatic heterocycles. The largest absolute Gasteiger partial charge is 0.256 e. The van der Waals surface area contributed by atoms with Crippen molar-refractivity contribution in [3.63, 3.8) is 0 Å². The van der Waals surface area contributed by atoms with Gasteiger partial charge >= 0.3 is 0 Å². The number of pyridine rings is 1. The van der Waals surface area contributed by atoms with Crippen LogP contribution in [0, 0.1) is 13.8 Å². The molecule has 0 aliphatic rings. The molecule has 0 saturated carbocycles. The summed E-state index contributed by atoms with van der Waals surface area (Å²) >= 11 is 0. The molecular formula is C30H41N. The minimum atomic E-state index is 0.285. The number of nitrogens with zero attached hydrogens (tertiary/aromatic N) is 1. The summed E-state index contributed by atoms with van der Waals surface area (Å²) < 4.78 is 0. The number of aryl methyl sites for hydroxylation is 3. The van der Waals surface area contributed by atoms with Gasteiger partial charge in [-0.25, -0.2) is 0 Å². The first-order valence-corrected chi connectivity index (χ1v) is 11.4. The lowest BCUT2D eigenvalue weighted by molar-refractivity contribution is 0.590. The molecule has 166 valence electrons. The van der Waals surface area contributed by atoms with E-state index >= 15 is 0 Å². The summed E-state index contributed by atoms with van der Waals surface area (Å²) in [5, 5.41) is 0. The van der Waals surface area contributed by atoms with Crippen LogP contribution in [0.5, 0.6) is 0 Å². The van der Waals surface area contributed by atoms with Gasteiger partial charge in [-0.15, -0.1) is 0 Å². The highest BCUT2D eigenvalue weighted by Gasteiger charge is 2.12. The molecule has 0 N–H and O–H groups in total. The van der Waals surface area contributed by atoms with E-state index in [1.807, 2.05) is 33.0 Å². The van der Waals surface area contributed by atoms with Gasteiger partial charge in [0.15, 0.2) is 0 Å². The summed E-state index contributed by atoms with van der Waals surface area (Å²) in [5.41, 5.74) is 10.2. The molecule has 0 radical (unpaired) electrons. The van der Waals surface area contributed by atoms with Gasteiger partial charge in [0, 0.05) is 11.8 Å². The van der Waals surface area contributed by atoms with Gasteiger partial charge in [0.2, 0.25) is 0 Å². The van der Waals surface area contributed by atoms with Crippen LogP contribution in [0.15, 0.2) is 67.4 Å². The fourth-order valence-electron chi connectivity index (χ4n) is 3.20. The second-order valence-corrected chi connectivity index (χ2v) is 8.79. The number of aromatic nitrogens is 1. The lowest BCUT2D eigenvalue weighted by Crippen LogP contribution is -2.10. The molecule has 0 amide bonds. The van der Waals surface area contributed by atoms with E-state index in [2.05, 4.69) is 102 Å². The van der Waals surface area contributed by atoms with E-state index < -0.39 is 0 Å². The lowest BCUT2D eigenvalue weighted by Gasteiger charge is -2.18. The van der Waals surface area contributed by atoms with Crippen LogP contribution in [-0.2, 0) is 11.8 Å². The number of benzene rings is 2. The highest BCUT2D eigenvalue weighted by Crippen LogP contribution is 2.27. The average Bonchev–Trinajstić information content (AvgIpc) is 2.75. The molecule has 0 atom stereocenters. The Bertz CT molecular complexity index is 956. The van der Waals surface area contributed by atoms with Gasteiger partial charge in [-0.05, 0) is 60.9 Å². The number of allylic oxidation sites excluding steroid dienone is 1. The van der Waals surface area contributed by atoms with Gasteiger partial charge in [0.1, 0.15) is 0 Å². The number of hydrogen-bond donors (Lipinski definition) is 0. The second kappa shape index (κ2) is 12.2. The van der Waals surface area contributed by atoms with Crippen molar-refractivity contribution in [1.82, 2.24) is 4.98 Å². The third-order valence-electron chi connectivity index (χ3n) is 5.16. The zero-order valence-electron chi connectivity index (χ0n) is 21.1. The Labute approximate surface area is 191 Å². The highest BCUT2D eigenvalue weighted by atomic mass is 14.7. The number of rotatable bonds is 3. The molecule has 2 aromatic carbocycles. The van der Waals surface area contributed by atoms with Crippen molar-refractivity contribution in [2.45, 2.75) is 74.1 Å². The quantitative estimate of drug-likeness (QED) is 0.416. The van der Waals surface area contributed by atoms with Crippen molar-refractivity contribution in [2.24, 2.45) is 0 Å². The van der Waals surface area contributed by atoms with Crippen LogP contribution in [-0.4, -0.2) is 4.98 Å². The van der Waals surface area contributed by atoms with Crippen LogP contribution in [0.25, 0.3) is 16.8 Å². The molecule has 3 aromatic rings. The van der Waals surface area contributed by atoms with Gasteiger partial charge in [-0.1, -0.05) is 108 Å². The lowest BCUT2D eigenvalue weighted by atomic mass is 9.87. The molecule has 0 spiro atoms. The van der Waals surface area contributed by atoms with Crippen LogP contribution >= 0.6 is 0 Å². The maximum atomic E-state index is 4.51. The first-order valence-electron chi connectivity index (χ1n) is 11.4. The van der Waals surface area contributed by atoms with Gasteiger partial charge in [-0.3, -0.25) is 4.98 Å². The standard InChI is InChI=1S/C17H19N.C11H16.C2H6/c1-5-14-11-15(12(2)3)8-9-16(14)17-13(4)7-6-10-18-17;1-9-5-7-10(8-6-9)11(2,3)4;1-2/h6-11H,2,5H2,1,3-4H3;5-8H,1-4H3;1-2H3. The summed E-state index contributed by atoms with van der Waals surface area (Å²) in [6, 6.07) is 19.3. The van der Waals surface area contributed by atoms with Crippen molar-refractivity contribution in [3.05, 3.63) is 95.2 Å². The van der Waals surface area contributed by atoms with Crippen LogP contribution in [0.2, 0.25) is 0 Å². The smallest absolute Gasteiger partial charge is 0.0733 e. The predicted octanol–water partition coefficient (Wildman–Crippen LogP) is 8.97. The van der Waals surface area contributed by atoms with Crippen LogP contribution < -0.4 is 0 Å². The van der Waals surface area contributed by atoms with E-state index in [9.17, 15) is 0 Å². The molecule has 0 bridgehead atoms. The number of hydrogen-bond acceptors (Lipinski definition) is 1. The Morgan fingerprint density at radius 2 is 1.55 bits per heavy atom. The van der Waals surface area contributed by atoms with Gasteiger partial charge < -0.3 is 0 Å².